The van der Waals surface area contributed by atoms with Gasteiger partial charge >= 0.3 is 12.0 Å². The van der Waals surface area contributed by atoms with Crippen molar-refractivity contribution in [1.82, 2.24) is 15.1 Å². The van der Waals surface area contributed by atoms with Crippen LogP contribution in [0.2, 0.25) is 0 Å². The van der Waals surface area contributed by atoms with Gasteiger partial charge in [-0.25, -0.2) is 9.69 Å². The Kier molecular flexibility index (Phi) is 7.25. The molecule has 9 heteroatoms. The first kappa shape index (κ1) is 24.5. The minimum absolute atomic E-state index is 0.146. The van der Waals surface area contributed by atoms with Crippen LogP contribution in [0.3, 0.4) is 0 Å². The van der Waals surface area contributed by atoms with E-state index in [1.165, 1.54) is 4.90 Å². The molecule has 0 atom stereocenters. The van der Waals surface area contributed by atoms with Crippen molar-refractivity contribution in [2.45, 2.75) is 25.3 Å². The maximum Gasteiger partial charge on any atom is 0.326 e. The molecule has 2 aliphatic heterocycles. The smallest absolute Gasteiger partial charge is 0.326 e. The highest BCUT2D eigenvalue weighted by molar-refractivity contribution is 6.09. The summed E-state index contributed by atoms with van der Waals surface area (Å²) in [5.74, 6) is 0.617. The van der Waals surface area contributed by atoms with Crippen LogP contribution in [0.4, 0.5) is 4.79 Å². The van der Waals surface area contributed by atoms with E-state index in [0.717, 1.165) is 0 Å². The molecule has 2 fully saturated rings. The predicted octanol–water partition coefficient (Wildman–Crippen LogP) is 2.73. The van der Waals surface area contributed by atoms with Crippen LogP contribution in [-0.2, 0) is 19.9 Å². The second kappa shape index (κ2) is 10.4. The van der Waals surface area contributed by atoms with Crippen LogP contribution in [0.5, 0.6) is 11.5 Å². The van der Waals surface area contributed by atoms with Crippen molar-refractivity contribution < 1.29 is 28.6 Å². The van der Waals surface area contributed by atoms with Gasteiger partial charge in [0, 0.05) is 13.1 Å². The van der Waals surface area contributed by atoms with Gasteiger partial charge in [0.05, 0.1) is 33.4 Å². The third-order valence-corrected chi connectivity index (χ3v) is 6.70. The van der Waals surface area contributed by atoms with Crippen LogP contribution in [0.15, 0.2) is 48.5 Å². The second-order valence-corrected chi connectivity index (χ2v) is 8.66. The standard InChI is InChI=1S/C26H31N3O6/c1-4-35-23(30)18-13-15-28(16-14-18)17-29-24(31)26(27-25(29)32,19-5-9-21(33-2)10-6-19)20-7-11-22(34-3)12-8-20/h5-12,18H,4,13-17H2,1-3H3,(H,27,32). The van der Waals surface area contributed by atoms with E-state index in [1.54, 1.807) is 69.7 Å². The van der Waals surface area contributed by atoms with Gasteiger partial charge in [0.15, 0.2) is 5.54 Å². The maximum absolute atomic E-state index is 14.0. The van der Waals surface area contributed by atoms with E-state index in [-0.39, 0.29) is 24.5 Å². The molecule has 2 aromatic carbocycles. The number of rotatable bonds is 8. The largest absolute Gasteiger partial charge is 0.497 e. The van der Waals surface area contributed by atoms with Crippen LogP contribution >= 0.6 is 0 Å². The molecule has 35 heavy (non-hydrogen) atoms. The molecule has 2 saturated heterocycles. The number of carbonyl (C=O) groups is 3. The van der Waals surface area contributed by atoms with Crippen LogP contribution in [-0.4, -0.2) is 68.3 Å². The summed E-state index contributed by atoms with van der Waals surface area (Å²) in [5.41, 5.74) is -0.116. The molecule has 4 rings (SSSR count). The lowest BCUT2D eigenvalue weighted by atomic mass is 9.82. The van der Waals surface area contributed by atoms with Crippen molar-refractivity contribution in [3.8, 4) is 11.5 Å². The molecule has 0 radical (unpaired) electrons. The third kappa shape index (κ3) is 4.68. The lowest BCUT2D eigenvalue weighted by molar-refractivity contribution is -0.150. The SMILES string of the molecule is CCOC(=O)C1CCN(CN2C(=O)NC(c3ccc(OC)cc3)(c3ccc(OC)cc3)C2=O)CC1. The van der Waals surface area contributed by atoms with E-state index >= 15 is 0 Å². The number of imide groups is 1. The van der Waals surface area contributed by atoms with E-state index in [0.29, 0.717) is 55.2 Å². The average molecular weight is 482 g/mol. The fourth-order valence-electron chi connectivity index (χ4n) is 4.71. The zero-order chi connectivity index (χ0) is 25.0. The fourth-order valence-corrected chi connectivity index (χ4v) is 4.71. The highest BCUT2D eigenvalue weighted by Crippen LogP contribution is 2.37. The van der Waals surface area contributed by atoms with Crippen molar-refractivity contribution in [3.63, 3.8) is 0 Å². The molecule has 0 unspecified atom stereocenters. The molecule has 0 aliphatic carbocycles. The molecule has 1 N–H and O–H groups in total. The Morgan fingerprint density at radius 3 is 1.91 bits per heavy atom. The Labute approximate surface area is 204 Å². The van der Waals surface area contributed by atoms with Crippen molar-refractivity contribution in [2.24, 2.45) is 5.92 Å². The number of likely N-dealkylation sites (tertiary alicyclic amines) is 1. The molecule has 0 bridgehead atoms. The Morgan fingerprint density at radius 2 is 1.46 bits per heavy atom. The summed E-state index contributed by atoms with van der Waals surface area (Å²) >= 11 is 0. The van der Waals surface area contributed by atoms with Gasteiger partial charge in [-0.1, -0.05) is 24.3 Å². The van der Waals surface area contributed by atoms with Gasteiger partial charge in [0.2, 0.25) is 0 Å². The summed E-state index contributed by atoms with van der Waals surface area (Å²) in [4.78, 5) is 42.5. The Balaban J connectivity index is 1.59. The second-order valence-electron chi connectivity index (χ2n) is 8.66. The van der Waals surface area contributed by atoms with Crippen molar-refractivity contribution in [2.75, 3.05) is 40.6 Å². The number of hydrogen-bond donors (Lipinski definition) is 1. The predicted molar refractivity (Wildman–Crippen MR) is 128 cm³/mol. The topological polar surface area (TPSA) is 97.4 Å². The number of hydrogen-bond acceptors (Lipinski definition) is 7. The average Bonchev–Trinajstić information content (AvgIpc) is 3.15. The number of nitrogens with one attached hydrogen (secondary N) is 1. The number of urea groups is 1. The Hall–Kier alpha value is -3.59. The molecule has 2 aliphatic rings. The molecular weight excluding hydrogens is 450 g/mol. The number of nitrogens with zero attached hydrogens (tertiary/aromatic N) is 2. The van der Waals surface area contributed by atoms with E-state index in [4.69, 9.17) is 14.2 Å². The molecule has 3 amide bonds. The summed E-state index contributed by atoms with van der Waals surface area (Å²) < 4.78 is 15.7. The van der Waals surface area contributed by atoms with Gasteiger partial charge in [-0.05, 0) is 55.2 Å². The number of piperidine rings is 1. The van der Waals surface area contributed by atoms with Crippen LogP contribution in [0.25, 0.3) is 0 Å². The maximum atomic E-state index is 14.0. The molecule has 186 valence electrons. The lowest BCUT2D eigenvalue weighted by Gasteiger charge is -2.33. The van der Waals surface area contributed by atoms with Crippen LogP contribution < -0.4 is 14.8 Å². The molecule has 9 nitrogen and oxygen atoms in total. The van der Waals surface area contributed by atoms with E-state index < -0.39 is 11.6 Å². The van der Waals surface area contributed by atoms with Gasteiger partial charge in [-0.2, -0.15) is 0 Å². The number of amides is 3. The van der Waals surface area contributed by atoms with Gasteiger partial charge in [0.1, 0.15) is 11.5 Å². The fraction of sp³-hybridized carbons (Fsp3) is 0.423. The molecule has 2 heterocycles. The number of benzene rings is 2. The molecule has 0 spiro atoms. The zero-order valence-corrected chi connectivity index (χ0v) is 20.3. The van der Waals surface area contributed by atoms with Gasteiger partial charge in [-0.15, -0.1) is 0 Å². The summed E-state index contributed by atoms with van der Waals surface area (Å²) in [5, 5.41) is 2.96. The van der Waals surface area contributed by atoms with Gasteiger partial charge in [-0.3, -0.25) is 14.5 Å². The number of ether oxygens (including phenoxy) is 3. The highest BCUT2D eigenvalue weighted by Gasteiger charge is 2.54. The molecule has 0 saturated carbocycles. The van der Waals surface area contributed by atoms with E-state index in [9.17, 15) is 14.4 Å². The van der Waals surface area contributed by atoms with Gasteiger partial charge < -0.3 is 19.5 Å². The van der Waals surface area contributed by atoms with Crippen molar-refractivity contribution in [1.29, 1.82) is 0 Å². The number of carbonyl (C=O) groups excluding carboxylic acids is 3. The summed E-state index contributed by atoms with van der Waals surface area (Å²) in [6.07, 6.45) is 1.26. The zero-order valence-electron chi connectivity index (χ0n) is 20.3. The van der Waals surface area contributed by atoms with E-state index in [2.05, 4.69) is 5.32 Å². The minimum Gasteiger partial charge on any atom is -0.497 e. The van der Waals surface area contributed by atoms with Crippen LogP contribution in [0.1, 0.15) is 30.9 Å². The quantitative estimate of drug-likeness (QED) is 0.457. The third-order valence-electron chi connectivity index (χ3n) is 6.70. The molecular formula is C26H31N3O6. The normalized spacial score (nSPS) is 18.3. The Morgan fingerprint density at radius 1 is 0.943 bits per heavy atom. The summed E-state index contributed by atoms with van der Waals surface area (Å²) in [6, 6.07) is 13.8. The lowest BCUT2D eigenvalue weighted by Crippen LogP contribution is -2.48. The molecule has 0 aromatic heterocycles. The van der Waals surface area contributed by atoms with Crippen molar-refractivity contribution in [3.05, 3.63) is 59.7 Å². The Bertz CT molecular complexity index is 1010. The van der Waals surface area contributed by atoms with E-state index in [1.807, 2.05) is 4.90 Å². The minimum atomic E-state index is -1.38. The highest BCUT2D eigenvalue weighted by atomic mass is 16.5. The monoisotopic (exact) mass is 481 g/mol. The first-order valence-electron chi connectivity index (χ1n) is 11.7. The molecule has 2 aromatic rings. The van der Waals surface area contributed by atoms with Crippen molar-refractivity contribution >= 4 is 17.9 Å². The first-order chi connectivity index (χ1) is 16.9. The first-order valence-corrected chi connectivity index (χ1v) is 11.7. The summed E-state index contributed by atoms with van der Waals surface area (Å²) in [6.45, 7) is 3.49. The number of esters is 1. The van der Waals surface area contributed by atoms with Gasteiger partial charge in [0.25, 0.3) is 5.91 Å². The summed E-state index contributed by atoms with van der Waals surface area (Å²) in [7, 11) is 3.15. The van der Waals surface area contributed by atoms with Crippen LogP contribution in [0, 0.1) is 5.92 Å². The number of methoxy groups -OCH3 is 2.